The predicted molar refractivity (Wildman–Crippen MR) is 62.0 cm³/mol. The van der Waals surface area contributed by atoms with Gasteiger partial charge >= 0.3 is 11.7 Å². The molecule has 0 saturated carbocycles. The molecule has 1 heterocycles. The van der Waals surface area contributed by atoms with Crippen molar-refractivity contribution in [1.82, 2.24) is 15.0 Å². The maximum atomic E-state index is 12.9. The maximum Gasteiger partial charge on any atom is 0.353 e. The Kier molecular flexibility index (Phi) is 4.57. The summed E-state index contributed by atoms with van der Waals surface area (Å²) in [7, 11) is 0. The number of amides is 1. The molecule has 0 aliphatic heterocycles. The number of nitrogens with one attached hydrogen (secondary N) is 2. The molecule has 0 atom stereocenters. The standard InChI is InChI=1S/C10H14FN3O5/c1-10(2,3)18-5-19-13-9(17)14-4-6(11)7(15)12-8(14)16/h4H,5H2,1-3H3,(H,13,17)(H,12,15,16). The molecule has 8 nitrogen and oxygen atoms in total. The van der Waals surface area contributed by atoms with Crippen LogP contribution in [0, 0.1) is 5.82 Å². The molecule has 0 unspecified atom stereocenters. The molecule has 9 heteroatoms. The van der Waals surface area contributed by atoms with Gasteiger partial charge in [-0.05, 0) is 20.8 Å². The zero-order valence-electron chi connectivity index (χ0n) is 10.7. The minimum Gasteiger partial charge on any atom is -0.347 e. The molecule has 0 saturated heterocycles. The van der Waals surface area contributed by atoms with Gasteiger partial charge < -0.3 is 4.74 Å². The first-order valence-corrected chi connectivity index (χ1v) is 5.28. The summed E-state index contributed by atoms with van der Waals surface area (Å²) in [6.07, 6.45) is 0.463. The first kappa shape index (κ1) is 15.1. The van der Waals surface area contributed by atoms with Gasteiger partial charge in [0.2, 0.25) is 5.82 Å². The van der Waals surface area contributed by atoms with Gasteiger partial charge in [-0.15, -0.1) is 0 Å². The fourth-order valence-electron chi connectivity index (χ4n) is 0.945. The minimum atomic E-state index is -1.26. The first-order valence-electron chi connectivity index (χ1n) is 5.28. The third-order valence-electron chi connectivity index (χ3n) is 1.83. The van der Waals surface area contributed by atoms with Crippen LogP contribution in [0.2, 0.25) is 0 Å². The summed E-state index contributed by atoms with van der Waals surface area (Å²) in [6.45, 7) is 5.08. The largest absolute Gasteiger partial charge is 0.353 e. The van der Waals surface area contributed by atoms with Crippen molar-refractivity contribution in [2.45, 2.75) is 26.4 Å². The van der Waals surface area contributed by atoms with Gasteiger partial charge in [-0.3, -0.25) is 9.78 Å². The number of nitrogens with zero attached hydrogens (tertiary/aromatic N) is 1. The van der Waals surface area contributed by atoms with E-state index in [-0.39, 0.29) is 6.79 Å². The van der Waals surface area contributed by atoms with E-state index in [0.29, 0.717) is 10.8 Å². The lowest BCUT2D eigenvalue weighted by atomic mass is 10.2. The Morgan fingerprint density at radius 1 is 1.47 bits per heavy atom. The molecule has 0 aliphatic carbocycles. The Balaban J connectivity index is 2.62. The van der Waals surface area contributed by atoms with E-state index in [2.05, 4.69) is 4.84 Å². The number of hydroxylamine groups is 1. The van der Waals surface area contributed by atoms with E-state index in [1.165, 1.54) is 0 Å². The molecule has 0 aromatic carbocycles. The minimum absolute atomic E-state index is 0.254. The molecule has 0 aliphatic rings. The topological polar surface area (TPSA) is 102 Å². The van der Waals surface area contributed by atoms with E-state index in [1.807, 2.05) is 5.48 Å². The van der Waals surface area contributed by atoms with E-state index < -0.39 is 28.7 Å². The number of carbonyl (C=O) groups is 1. The number of H-pyrrole nitrogens is 1. The highest BCUT2D eigenvalue weighted by molar-refractivity contribution is 5.75. The van der Waals surface area contributed by atoms with Crippen LogP contribution in [0.15, 0.2) is 15.8 Å². The van der Waals surface area contributed by atoms with Crippen LogP contribution in [0.25, 0.3) is 0 Å². The van der Waals surface area contributed by atoms with Crippen molar-refractivity contribution in [3.8, 4) is 0 Å². The predicted octanol–water partition coefficient (Wildman–Crippen LogP) is -0.0624. The average Bonchev–Trinajstić information content (AvgIpc) is 2.28. The van der Waals surface area contributed by atoms with Crippen molar-refractivity contribution in [2.75, 3.05) is 6.79 Å². The molecule has 0 spiro atoms. The average molecular weight is 275 g/mol. The van der Waals surface area contributed by atoms with Gasteiger partial charge in [0.05, 0.1) is 11.8 Å². The smallest absolute Gasteiger partial charge is 0.347 e. The molecule has 19 heavy (non-hydrogen) atoms. The number of carbonyl (C=O) groups excluding carboxylic acids is 1. The van der Waals surface area contributed by atoms with Crippen molar-refractivity contribution in [1.29, 1.82) is 0 Å². The summed E-state index contributed by atoms with van der Waals surface area (Å²) in [5, 5.41) is 0. The molecule has 0 fully saturated rings. The lowest BCUT2D eigenvalue weighted by Gasteiger charge is -2.18. The highest BCUT2D eigenvalue weighted by Gasteiger charge is 2.12. The molecule has 1 rings (SSSR count). The third kappa shape index (κ3) is 4.64. The van der Waals surface area contributed by atoms with Crippen molar-refractivity contribution >= 4 is 6.03 Å². The highest BCUT2D eigenvalue weighted by Crippen LogP contribution is 2.05. The Labute approximate surface area is 107 Å². The van der Waals surface area contributed by atoms with Crippen LogP contribution in [-0.4, -0.2) is 28.0 Å². The highest BCUT2D eigenvalue weighted by atomic mass is 19.1. The van der Waals surface area contributed by atoms with Gasteiger partial charge in [-0.2, -0.15) is 4.39 Å². The summed E-state index contributed by atoms with van der Waals surface area (Å²) < 4.78 is 18.4. The van der Waals surface area contributed by atoms with Crippen LogP contribution in [-0.2, 0) is 9.57 Å². The van der Waals surface area contributed by atoms with Crippen LogP contribution < -0.4 is 16.7 Å². The second-order valence-electron chi connectivity index (χ2n) is 4.53. The number of hydrogen-bond donors (Lipinski definition) is 2. The molecule has 0 bridgehead atoms. The molecule has 0 radical (unpaired) electrons. The SMILES string of the molecule is CC(C)(C)OCONC(=O)n1cc(F)c(=O)[nH]c1=O. The summed E-state index contributed by atoms with van der Waals surface area (Å²) in [5.74, 6) is -1.26. The summed E-state index contributed by atoms with van der Waals surface area (Å²) >= 11 is 0. The van der Waals surface area contributed by atoms with E-state index >= 15 is 0 Å². The fraction of sp³-hybridized carbons (Fsp3) is 0.500. The number of aromatic amines is 1. The normalized spacial score (nSPS) is 11.4. The molecule has 2 N–H and O–H groups in total. The summed E-state index contributed by atoms with van der Waals surface area (Å²) in [6, 6.07) is -1.06. The molecule has 1 aromatic rings. The number of aromatic nitrogens is 2. The third-order valence-corrected chi connectivity index (χ3v) is 1.83. The Morgan fingerprint density at radius 3 is 2.68 bits per heavy atom. The first-order chi connectivity index (χ1) is 8.70. The van der Waals surface area contributed by atoms with Gasteiger partial charge in [0, 0.05) is 0 Å². The van der Waals surface area contributed by atoms with Crippen molar-refractivity contribution < 1.29 is 18.8 Å². The monoisotopic (exact) mass is 275 g/mol. The Hall–Kier alpha value is -2.00. The number of ether oxygens (including phenoxy) is 1. The fourth-order valence-corrected chi connectivity index (χ4v) is 0.945. The van der Waals surface area contributed by atoms with E-state index in [4.69, 9.17) is 4.74 Å². The van der Waals surface area contributed by atoms with Crippen molar-refractivity contribution in [2.24, 2.45) is 0 Å². The second kappa shape index (κ2) is 5.76. The van der Waals surface area contributed by atoms with E-state index in [9.17, 15) is 18.8 Å². The van der Waals surface area contributed by atoms with Gasteiger partial charge in [-0.25, -0.2) is 24.5 Å². The van der Waals surface area contributed by atoms with Gasteiger partial charge in [-0.1, -0.05) is 0 Å². The Morgan fingerprint density at radius 2 is 2.11 bits per heavy atom. The molecule has 106 valence electrons. The number of hydrogen-bond acceptors (Lipinski definition) is 5. The number of halogens is 1. The van der Waals surface area contributed by atoms with Crippen LogP contribution >= 0.6 is 0 Å². The lowest BCUT2D eigenvalue weighted by molar-refractivity contribution is -0.140. The molecular weight excluding hydrogens is 261 g/mol. The van der Waals surface area contributed by atoms with Gasteiger partial charge in [0.25, 0.3) is 5.56 Å². The van der Waals surface area contributed by atoms with Crippen LogP contribution in [0.5, 0.6) is 0 Å². The van der Waals surface area contributed by atoms with Crippen LogP contribution in [0.1, 0.15) is 20.8 Å². The van der Waals surface area contributed by atoms with Crippen molar-refractivity contribution in [3.05, 3.63) is 32.9 Å². The van der Waals surface area contributed by atoms with Crippen molar-refractivity contribution in [3.63, 3.8) is 0 Å². The van der Waals surface area contributed by atoms with E-state index in [1.54, 1.807) is 25.8 Å². The zero-order chi connectivity index (χ0) is 14.6. The molecule has 1 amide bonds. The Bertz CT molecular complexity index is 572. The maximum absolute atomic E-state index is 12.9. The summed E-state index contributed by atoms with van der Waals surface area (Å²) in [4.78, 5) is 39.7. The zero-order valence-corrected chi connectivity index (χ0v) is 10.7. The molecule has 1 aromatic heterocycles. The lowest BCUT2D eigenvalue weighted by Crippen LogP contribution is -2.41. The van der Waals surface area contributed by atoms with Gasteiger partial charge in [0.1, 0.15) is 0 Å². The quantitative estimate of drug-likeness (QED) is 0.457. The number of rotatable bonds is 3. The summed E-state index contributed by atoms with van der Waals surface area (Å²) in [5.41, 5.74) is -0.879. The van der Waals surface area contributed by atoms with Crippen LogP contribution in [0.3, 0.4) is 0 Å². The second-order valence-corrected chi connectivity index (χ2v) is 4.53. The van der Waals surface area contributed by atoms with E-state index in [0.717, 1.165) is 0 Å². The van der Waals surface area contributed by atoms with Crippen LogP contribution in [0.4, 0.5) is 9.18 Å². The molecular formula is C10H14FN3O5. The van der Waals surface area contributed by atoms with Gasteiger partial charge in [0.15, 0.2) is 6.79 Å².